The first-order valence-corrected chi connectivity index (χ1v) is 8.52. The van der Waals surface area contributed by atoms with Gasteiger partial charge in [0.25, 0.3) is 5.91 Å². The van der Waals surface area contributed by atoms with Gasteiger partial charge in [-0.1, -0.05) is 0 Å². The van der Waals surface area contributed by atoms with Gasteiger partial charge in [-0.2, -0.15) is 5.10 Å². The van der Waals surface area contributed by atoms with Crippen molar-refractivity contribution in [3.63, 3.8) is 0 Å². The van der Waals surface area contributed by atoms with Crippen LogP contribution in [0.15, 0.2) is 6.33 Å². The van der Waals surface area contributed by atoms with Crippen molar-refractivity contribution in [1.82, 2.24) is 30.3 Å². The zero-order chi connectivity index (χ0) is 16.7. The van der Waals surface area contributed by atoms with Gasteiger partial charge in [-0.25, -0.2) is 0 Å². The van der Waals surface area contributed by atoms with E-state index in [2.05, 4.69) is 30.3 Å². The van der Waals surface area contributed by atoms with Crippen LogP contribution in [0.2, 0.25) is 0 Å². The second-order valence-corrected chi connectivity index (χ2v) is 6.65. The number of amides is 1. The van der Waals surface area contributed by atoms with Gasteiger partial charge in [0.2, 0.25) is 0 Å². The lowest BCUT2D eigenvalue weighted by molar-refractivity contribution is -0.00697. The molecule has 2 atom stereocenters. The minimum absolute atomic E-state index is 0.0603. The van der Waals surface area contributed by atoms with E-state index in [1.165, 1.54) is 12.8 Å². The van der Waals surface area contributed by atoms with Crippen LogP contribution in [0.3, 0.4) is 0 Å². The van der Waals surface area contributed by atoms with Crippen LogP contribution in [-0.2, 0) is 17.6 Å². The van der Waals surface area contributed by atoms with Crippen molar-refractivity contribution in [2.24, 2.45) is 0 Å². The molecule has 2 aromatic heterocycles. The molecule has 2 aromatic rings. The monoisotopic (exact) mass is 330 g/mol. The molecule has 8 heteroatoms. The van der Waals surface area contributed by atoms with Gasteiger partial charge in [0, 0.05) is 31.0 Å². The van der Waals surface area contributed by atoms with Crippen LogP contribution in [0, 0.1) is 0 Å². The second kappa shape index (κ2) is 6.01. The van der Waals surface area contributed by atoms with Crippen LogP contribution in [-0.4, -0.2) is 43.5 Å². The van der Waals surface area contributed by atoms with Crippen molar-refractivity contribution < 1.29 is 9.53 Å². The Bertz CT molecular complexity index is 748. The molecule has 1 aliphatic heterocycles. The Labute approximate surface area is 140 Å². The molecule has 24 heavy (non-hydrogen) atoms. The van der Waals surface area contributed by atoms with E-state index in [1.807, 2.05) is 13.8 Å². The minimum Gasteiger partial charge on any atom is -0.369 e. The number of hydrogen-bond donors (Lipinski definition) is 2. The summed E-state index contributed by atoms with van der Waals surface area (Å²) in [5, 5.41) is 18.2. The first-order chi connectivity index (χ1) is 11.6. The lowest BCUT2D eigenvalue weighted by Gasteiger charge is -2.25. The van der Waals surface area contributed by atoms with Crippen molar-refractivity contribution in [3.05, 3.63) is 29.1 Å². The van der Waals surface area contributed by atoms with E-state index in [-0.39, 0.29) is 18.1 Å². The smallest absolute Gasteiger partial charge is 0.272 e. The highest BCUT2D eigenvalue weighted by molar-refractivity contribution is 5.94. The Hall–Kier alpha value is -2.22. The highest BCUT2D eigenvalue weighted by Crippen LogP contribution is 2.35. The van der Waals surface area contributed by atoms with E-state index in [0.29, 0.717) is 31.1 Å². The summed E-state index contributed by atoms with van der Waals surface area (Å²) >= 11 is 0. The van der Waals surface area contributed by atoms with E-state index in [1.54, 1.807) is 6.33 Å². The van der Waals surface area contributed by atoms with Crippen LogP contribution >= 0.6 is 0 Å². The van der Waals surface area contributed by atoms with Crippen molar-refractivity contribution in [3.8, 4) is 0 Å². The van der Waals surface area contributed by atoms with Crippen LogP contribution in [0.5, 0.6) is 0 Å². The molecule has 1 aliphatic carbocycles. The Balaban J connectivity index is 1.39. The summed E-state index contributed by atoms with van der Waals surface area (Å²) in [7, 11) is 0. The summed E-state index contributed by atoms with van der Waals surface area (Å²) in [5.74, 6) is 0.781. The predicted octanol–water partition coefficient (Wildman–Crippen LogP) is 1.33. The maximum absolute atomic E-state index is 12.5. The molecule has 4 rings (SSSR count). The molecule has 2 N–H and O–H groups in total. The van der Waals surface area contributed by atoms with E-state index in [4.69, 9.17) is 4.74 Å². The largest absolute Gasteiger partial charge is 0.369 e. The number of rotatable bonds is 5. The number of aromatic nitrogens is 5. The van der Waals surface area contributed by atoms with Crippen molar-refractivity contribution in [2.45, 2.75) is 57.8 Å². The Morgan fingerprint density at radius 3 is 3.08 bits per heavy atom. The molecule has 1 saturated carbocycles. The standard InChI is InChI=1S/C16H22N6O2/c1-9-7-12-14(10(2)24-9)20-21-15(12)16(23)17-6-5-13-19-18-8-22(13)11-3-4-11/h8-11H,3-7H2,1-2H3,(H,17,23)(H,20,21)/t9-,10+/m1/s1. The first-order valence-electron chi connectivity index (χ1n) is 8.52. The van der Waals surface area contributed by atoms with Gasteiger partial charge in [-0.05, 0) is 26.7 Å². The fraction of sp³-hybridized carbons (Fsp3) is 0.625. The molecule has 0 aromatic carbocycles. The van der Waals surface area contributed by atoms with Crippen LogP contribution in [0.4, 0.5) is 0 Å². The number of carbonyl (C=O) groups is 1. The number of fused-ring (bicyclic) bond motifs is 1. The van der Waals surface area contributed by atoms with E-state index >= 15 is 0 Å². The molecule has 1 fully saturated rings. The molecule has 128 valence electrons. The van der Waals surface area contributed by atoms with Gasteiger partial charge in [0.05, 0.1) is 17.9 Å². The number of nitrogens with zero attached hydrogens (tertiary/aromatic N) is 4. The van der Waals surface area contributed by atoms with Crippen molar-refractivity contribution in [1.29, 1.82) is 0 Å². The number of ether oxygens (including phenoxy) is 1. The Morgan fingerprint density at radius 2 is 2.29 bits per heavy atom. The summed E-state index contributed by atoms with van der Waals surface area (Å²) in [6.07, 6.45) is 5.56. The van der Waals surface area contributed by atoms with Gasteiger partial charge in [-0.15, -0.1) is 10.2 Å². The van der Waals surface area contributed by atoms with Crippen molar-refractivity contribution in [2.75, 3.05) is 6.54 Å². The fourth-order valence-corrected chi connectivity index (χ4v) is 3.34. The molecular weight excluding hydrogens is 308 g/mol. The van der Waals surface area contributed by atoms with Gasteiger partial charge in [-0.3, -0.25) is 9.89 Å². The molecule has 0 saturated heterocycles. The predicted molar refractivity (Wildman–Crippen MR) is 85.6 cm³/mol. The van der Waals surface area contributed by atoms with E-state index in [0.717, 1.165) is 17.1 Å². The minimum atomic E-state index is -0.147. The summed E-state index contributed by atoms with van der Waals surface area (Å²) < 4.78 is 7.87. The molecule has 0 spiro atoms. The van der Waals surface area contributed by atoms with Crippen LogP contribution < -0.4 is 5.32 Å². The summed E-state index contributed by atoms with van der Waals surface area (Å²) in [6.45, 7) is 4.51. The fourth-order valence-electron chi connectivity index (χ4n) is 3.34. The average molecular weight is 330 g/mol. The lowest BCUT2D eigenvalue weighted by atomic mass is 9.99. The maximum atomic E-state index is 12.5. The molecule has 0 bridgehead atoms. The summed E-state index contributed by atoms with van der Waals surface area (Å²) in [6, 6.07) is 0.548. The first kappa shape index (κ1) is 15.3. The summed E-state index contributed by atoms with van der Waals surface area (Å²) in [4.78, 5) is 12.5. The second-order valence-electron chi connectivity index (χ2n) is 6.65. The molecule has 0 unspecified atom stereocenters. The van der Waals surface area contributed by atoms with Gasteiger partial charge in [0.15, 0.2) is 5.69 Å². The van der Waals surface area contributed by atoms with Gasteiger partial charge >= 0.3 is 0 Å². The third-order valence-electron chi connectivity index (χ3n) is 4.67. The quantitative estimate of drug-likeness (QED) is 0.862. The normalized spacial score (nSPS) is 23.1. The number of aromatic amines is 1. The number of nitrogens with one attached hydrogen (secondary N) is 2. The Kier molecular flexibility index (Phi) is 3.84. The van der Waals surface area contributed by atoms with E-state index in [9.17, 15) is 4.79 Å². The average Bonchev–Trinajstić information content (AvgIpc) is 3.12. The zero-order valence-corrected chi connectivity index (χ0v) is 14.0. The molecular formula is C16H22N6O2. The van der Waals surface area contributed by atoms with Gasteiger partial charge in [0.1, 0.15) is 12.2 Å². The lowest BCUT2D eigenvalue weighted by Crippen LogP contribution is -2.29. The third-order valence-corrected chi connectivity index (χ3v) is 4.67. The molecule has 3 heterocycles. The Morgan fingerprint density at radius 1 is 1.46 bits per heavy atom. The third kappa shape index (κ3) is 2.82. The number of H-pyrrole nitrogens is 1. The maximum Gasteiger partial charge on any atom is 0.272 e. The number of hydrogen-bond acceptors (Lipinski definition) is 5. The highest BCUT2D eigenvalue weighted by Gasteiger charge is 2.29. The molecule has 0 radical (unpaired) electrons. The summed E-state index contributed by atoms with van der Waals surface area (Å²) in [5.41, 5.74) is 2.36. The van der Waals surface area contributed by atoms with Crippen molar-refractivity contribution >= 4 is 5.91 Å². The van der Waals surface area contributed by atoms with E-state index < -0.39 is 0 Å². The topological polar surface area (TPSA) is 97.7 Å². The molecule has 2 aliphatic rings. The van der Waals surface area contributed by atoms with Crippen LogP contribution in [0.1, 0.15) is 66.4 Å². The van der Waals surface area contributed by atoms with Crippen LogP contribution in [0.25, 0.3) is 0 Å². The zero-order valence-electron chi connectivity index (χ0n) is 14.0. The number of carbonyl (C=O) groups excluding carboxylic acids is 1. The van der Waals surface area contributed by atoms with Gasteiger partial charge < -0.3 is 14.6 Å². The molecule has 1 amide bonds. The SMILES string of the molecule is C[C@@H]1Cc2c(C(=O)NCCc3nncn3C3CC3)n[nH]c2[C@H](C)O1. The highest BCUT2D eigenvalue weighted by atomic mass is 16.5. The molecule has 8 nitrogen and oxygen atoms in total.